The van der Waals surface area contributed by atoms with Crippen LogP contribution >= 0.6 is 12.4 Å². The van der Waals surface area contributed by atoms with Gasteiger partial charge in [-0.25, -0.2) is 0 Å². The Labute approximate surface area is 104 Å². The fraction of sp³-hybridized carbons (Fsp3) is 0.909. The molecular formula is C11H23ClN2O2. The van der Waals surface area contributed by atoms with Crippen LogP contribution in [-0.4, -0.2) is 43.2 Å². The molecule has 0 aliphatic carbocycles. The molecule has 1 aliphatic rings. The van der Waals surface area contributed by atoms with Crippen LogP contribution in [0.25, 0.3) is 0 Å². The number of nitrogens with zero attached hydrogens (tertiary/aromatic N) is 1. The number of carbonyl (C=O) groups excluding carboxylic acids is 1. The first-order valence-corrected chi connectivity index (χ1v) is 5.63. The van der Waals surface area contributed by atoms with Crippen molar-refractivity contribution in [2.45, 2.75) is 38.8 Å². The first kappa shape index (κ1) is 15.7. The molecule has 1 rings (SSSR count). The van der Waals surface area contributed by atoms with Gasteiger partial charge in [-0.05, 0) is 45.7 Å². The van der Waals surface area contributed by atoms with Gasteiger partial charge in [0.2, 0.25) is 0 Å². The molecule has 96 valence electrons. The van der Waals surface area contributed by atoms with E-state index in [1.807, 2.05) is 6.92 Å². The number of ether oxygens (including phenoxy) is 1. The van der Waals surface area contributed by atoms with E-state index in [1.165, 1.54) is 7.11 Å². The Morgan fingerprint density at radius 1 is 1.38 bits per heavy atom. The van der Waals surface area contributed by atoms with Gasteiger partial charge in [0.25, 0.3) is 0 Å². The number of nitrogens with two attached hydrogens (primary N) is 1. The zero-order valence-electron chi connectivity index (χ0n) is 10.3. The number of hydrogen-bond donors (Lipinski definition) is 1. The third-order valence-corrected chi connectivity index (χ3v) is 3.41. The minimum Gasteiger partial charge on any atom is -0.468 e. The fourth-order valence-corrected chi connectivity index (χ4v) is 2.15. The highest BCUT2D eigenvalue weighted by Gasteiger charge is 2.28. The SMILES string of the molecule is COC(=O)C(C)N1CCC(C(C)N)CC1.Cl. The first-order chi connectivity index (χ1) is 7.06. The van der Waals surface area contributed by atoms with Crippen molar-refractivity contribution in [3.63, 3.8) is 0 Å². The Morgan fingerprint density at radius 2 is 1.88 bits per heavy atom. The molecule has 0 saturated carbocycles. The number of likely N-dealkylation sites (tertiary alicyclic amines) is 1. The second kappa shape index (κ2) is 7.09. The summed E-state index contributed by atoms with van der Waals surface area (Å²) in [6.45, 7) is 5.85. The van der Waals surface area contributed by atoms with Crippen LogP contribution in [0.2, 0.25) is 0 Å². The molecule has 1 fully saturated rings. The largest absolute Gasteiger partial charge is 0.468 e. The van der Waals surface area contributed by atoms with Crippen molar-refractivity contribution in [3.8, 4) is 0 Å². The lowest BCUT2D eigenvalue weighted by Gasteiger charge is -2.36. The third-order valence-electron chi connectivity index (χ3n) is 3.41. The fourth-order valence-electron chi connectivity index (χ4n) is 2.15. The number of hydrogen-bond acceptors (Lipinski definition) is 4. The molecule has 16 heavy (non-hydrogen) atoms. The number of methoxy groups -OCH3 is 1. The second-order valence-electron chi connectivity index (χ2n) is 4.43. The number of piperidine rings is 1. The van der Waals surface area contributed by atoms with Gasteiger partial charge < -0.3 is 10.5 Å². The molecule has 0 radical (unpaired) electrons. The standard InChI is InChI=1S/C11H22N2O2.ClH/c1-8(12)10-4-6-13(7-5-10)9(2)11(14)15-3;/h8-10H,4-7,12H2,1-3H3;1H. The monoisotopic (exact) mass is 250 g/mol. The Balaban J connectivity index is 0.00000225. The van der Waals surface area contributed by atoms with Crippen LogP contribution in [0.5, 0.6) is 0 Å². The van der Waals surface area contributed by atoms with Crippen molar-refractivity contribution >= 4 is 18.4 Å². The van der Waals surface area contributed by atoms with Crippen LogP contribution < -0.4 is 5.73 Å². The summed E-state index contributed by atoms with van der Waals surface area (Å²) >= 11 is 0. The van der Waals surface area contributed by atoms with Crippen LogP contribution in [0.4, 0.5) is 0 Å². The molecule has 1 aliphatic heterocycles. The first-order valence-electron chi connectivity index (χ1n) is 5.63. The molecule has 0 bridgehead atoms. The van der Waals surface area contributed by atoms with Crippen molar-refractivity contribution < 1.29 is 9.53 Å². The van der Waals surface area contributed by atoms with Crippen LogP contribution in [0.1, 0.15) is 26.7 Å². The van der Waals surface area contributed by atoms with Gasteiger partial charge in [-0.3, -0.25) is 9.69 Å². The van der Waals surface area contributed by atoms with Crippen LogP contribution in [0, 0.1) is 5.92 Å². The molecule has 1 saturated heterocycles. The zero-order chi connectivity index (χ0) is 11.4. The molecule has 0 spiro atoms. The number of carbonyl (C=O) groups is 1. The molecule has 2 N–H and O–H groups in total. The molecule has 0 aromatic carbocycles. The quantitative estimate of drug-likeness (QED) is 0.761. The van der Waals surface area contributed by atoms with Gasteiger partial charge in [0.15, 0.2) is 0 Å². The summed E-state index contributed by atoms with van der Waals surface area (Å²) < 4.78 is 4.73. The normalized spacial score (nSPS) is 22.0. The van der Waals surface area contributed by atoms with Crippen molar-refractivity contribution in [1.82, 2.24) is 4.90 Å². The maximum Gasteiger partial charge on any atom is 0.322 e. The summed E-state index contributed by atoms with van der Waals surface area (Å²) in [5, 5.41) is 0. The van der Waals surface area contributed by atoms with Crippen LogP contribution in [0.3, 0.4) is 0 Å². The van der Waals surface area contributed by atoms with E-state index in [0.29, 0.717) is 5.92 Å². The smallest absolute Gasteiger partial charge is 0.322 e. The molecule has 0 aromatic heterocycles. The number of rotatable bonds is 3. The van der Waals surface area contributed by atoms with Crippen LogP contribution in [0.15, 0.2) is 0 Å². The van der Waals surface area contributed by atoms with Gasteiger partial charge in [0, 0.05) is 6.04 Å². The van der Waals surface area contributed by atoms with Gasteiger partial charge in [-0.15, -0.1) is 12.4 Å². The molecular weight excluding hydrogens is 228 g/mol. The Bertz CT molecular complexity index is 216. The van der Waals surface area contributed by atoms with E-state index >= 15 is 0 Å². The lowest BCUT2D eigenvalue weighted by Crippen LogP contribution is -2.46. The topological polar surface area (TPSA) is 55.6 Å². The average molecular weight is 251 g/mol. The highest BCUT2D eigenvalue weighted by Crippen LogP contribution is 2.21. The van der Waals surface area contributed by atoms with Gasteiger partial charge in [-0.2, -0.15) is 0 Å². The summed E-state index contributed by atoms with van der Waals surface area (Å²) in [7, 11) is 1.44. The molecule has 5 heteroatoms. The highest BCUT2D eigenvalue weighted by atomic mass is 35.5. The van der Waals surface area contributed by atoms with Gasteiger partial charge in [0.05, 0.1) is 7.11 Å². The molecule has 0 amide bonds. The van der Waals surface area contributed by atoms with Gasteiger partial charge >= 0.3 is 5.97 Å². The Kier molecular flexibility index (Phi) is 6.95. The van der Waals surface area contributed by atoms with E-state index in [2.05, 4.69) is 11.8 Å². The summed E-state index contributed by atoms with van der Waals surface area (Å²) in [4.78, 5) is 13.5. The minimum absolute atomic E-state index is 0. The summed E-state index contributed by atoms with van der Waals surface area (Å²) in [6.07, 6.45) is 2.16. The third kappa shape index (κ3) is 3.92. The second-order valence-corrected chi connectivity index (χ2v) is 4.43. The maximum absolute atomic E-state index is 11.3. The lowest BCUT2D eigenvalue weighted by atomic mass is 9.90. The lowest BCUT2D eigenvalue weighted by molar-refractivity contribution is -0.146. The van der Waals surface area contributed by atoms with E-state index in [-0.39, 0.29) is 30.5 Å². The van der Waals surface area contributed by atoms with Gasteiger partial charge in [0.1, 0.15) is 6.04 Å². The summed E-state index contributed by atoms with van der Waals surface area (Å²) in [5.74, 6) is 0.459. The Morgan fingerprint density at radius 3 is 2.25 bits per heavy atom. The van der Waals surface area contributed by atoms with E-state index in [1.54, 1.807) is 0 Å². The predicted octanol–water partition coefficient (Wildman–Crippen LogP) is 1.03. The highest BCUT2D eigenvalue weighted by molar-refractivity contribution is 5.85. The molecule has 0 aromatic rings. The predicted molar refractivity (Wildman–Crippen MR) is 66.7 cm³/mol. The molecule has 4 nitrogen and oxygen atoms in total. The summed E-state index contributed by atoms with van der Waals surface area (Å²) in [5.41, 5.74) is 5.86. The van der Waals surface area contributed by atoms with E-state index in [9.17, 15) is 4.79 Å². The van der Waals surface area contributed by atoms with Crippen LogP contribution in [-0.2, 0) is 9.53 Å². The van der Waals surface area contributed by atoms with E-state index in [0.717, 1.165) is 25.9 Å². The zero-order valence-corrected chi connectivity index (χ0v) is 11.1. The van der Waals surface area contributed by atoms with Crippen molar-refractivity contribution in [1.29, 1.82) is 0 Å². The summed E-state index contributed by atoms with van der Waals surface area (Å²) in [6, 6.07) is 0.143. The van der Waals surface area contributed by atoms with Gasteiger partial charge in [-0.1, -0.05) is 0 Å². The average Bonchev–Trinajstić information content (AvgIpc) is 2.27. The maximum atomic E-state index is 11.3. The van der Waals surface area contributed by atoms with Crippen molar-refractivity contribution in [3.05, 3.63) is 0 Å². The molecule has 2 atom stereocenters. The Hall–Kier alpha value is -0.320. The van der Waals surface area contributed by atoms with E-state index < -0.39 is 0 Å². The van der Waals surface area contributed by atoms with Crippen molar-refractivity contribution in [2.75, 3.05) is 20.2 Å². The molecule has 2 unspecified atom stereocenters. The van der Waals surface area contributed by atoms with E-state index in [4.69, 9.17) is 10.5 Å². The van der Waals surface area contributed by atoms with Crippen molar-refractivity contribution in [2.24, 2.45) is 11.7 Å². The molecule has 1 heterocycles. The number of esters is 1. The number of halogens is 1. The minimum atomic E-state index is -0.144.